The second-order valence-electron chi connectivity index (χ2n) is 7.25. The first-order chi connectivity index (χ1) is 14.6. The van der Waals surface area contributed by atoms with Crippen molar-refractivity contribution in [2.45, 2.75) is 6.92 Å². The molecule has 4 rings (SSSR count). The highest BCUT2D eigenvalue weighted by atomic mass is 16.5. The maximum absolute atomic E-state index is 12.6. The lowest BCUT2D eigenvalue weighted by atomic mass is 10.1. The Labute approximate surface area is 175 Å². The number of pyridine rings is 1. The first-order valence-corrected chi connectivity index (χ1v) is 9.84. The monoisotopic (exact) mass is 401 g/mol. The smallest absolute Gasteiger partial charge is 0.321 e. The van der Waals surface area contributed by atoms with Gasteiger partial charge in [0.25, 0.3) is 0 Å². The Balaban J connectivity index is 1.49. The maximum atomic E-state index is 12.6. The highest BCUT2D eigenvalue weighted by molar-refractivity contribution is 5.90. The SMILES string of the molecule is COc1ccc2cc(C#N)c(N3CCN(C(=O)Nc4ccccc4C)CC3)nc2c1. The molecule has 7 heteroatoms. The number of carbonyl (C=O) groups is 1. The number of ether oxygens (including phenoxy) is 1. The zero-order valence-corrected chi connectivity index (χ0v) is 17.1. The number of hydrogen-bond donors (Lipinski definition) is 1. The zero-order valence-electron chi connectivity index (χ0n) is 17.1. The van der Waals surface area contributed by atoms with E-state index < -0.39 is 0 Å². The largest absolute Gasteiger partial charge is 0.497 e. The molecule has 1 aromatic heterocycles. The Morgan fingerprint density at radius 3 is 2.60 bits per heavy atom. The quantitative estimate of drug-likeness (QED) is 0.722. The van der Waals surface area contributed by atoms with Crippen molar-refractivity contribution in [3.05, 3.63) is 59.7 Å². The molecule has 1 N–H and O–H groups in total. The fraction of sp³-hybridized carbons (Fsp3) is 0.261. The van der Waals surface area contributed by atoms with E-state index >= 15 is 0 Å². The number of aromatic nitrogens is 1. The summed E-state index contributed by atoms with van der Waals surface area (Å²) in [7, 11) is 1.62. The molecule has 0 unspecified atom stereocenters. The van der Waals surface area contributed by atoms with Gasteiger partial charge in [-0.15, -0.1) is 0 Å². The highest BCUT2D eigenvalue weighted by Gasteiger charge is 2.24. The van der Waals surface area contributed by atoms with Crippen LogP contribution in [0, 0.1) is 18.3 Å². The fourth-order valence-corrected chi connectivity index (χ4v) is 3.62. The molecule has 30 heavy (non-hydrogen) atoms. The molecule has 7 nitrogen and oxygen atoms in total. The number of methoxy groups -OCH3 is 1. The summed E-state index contributed by atoms with van der Waals surface area (Å²) < 4.78 is 5.29. The van der Waals surface area contributed by atoms with Crippen LogP contribution in [0.25, 0.3) is 10.9 Å². The molecule has 0 atom stereocenters. The zero-order chi connectivity index (χ0) is 21.1. The van der Waals surface area contributed by atoms with Gasteiger partial charge < -0.3 is 19.9 Å². The third-order valence-electron chi connectivity index (χ3n) is 5.38. The van der Waals surface area contributed by atoms with Crippen molar-refractivity contribution in [3.63, 3.8) is 0 Å². The van der Waals surface area contributed by atoms with Gasteiger partial charge >= 0.3 is 6.03 Å². The topological polar surface area (TPSA) is 81.5 Å². The van der Waals surface area contributed by atoms with Crippen molar-refractivity contribution in [2.75, 3.05) is 43.5 Å². The Kier molecular flexibility index (Phi) is 5.40. The van der Waals surface area contributed by atoms with E-state index in [9.17, 15) is 10.1 Å². The number of piperazine rings is 1. The van der Waals surface area contributed by atoms with Crippen LogP contribution in [0.3, 0.4) is 0 Å². The molecule has 2 amide bonds. The minimum Gasteiger partial charge on any atom is -0.497 e. The van der Waals surface area contributed by atoms with Crippen LogP contribution in [0.1, 0.15) is 11.1 Å². The van der Waals surface area contributed by atoms with E-state index in [4.69, 9.17) is 9.72 Å². The first kappa shape index (κ1) is 19.5. The van der Waals surface area contributed by atoms with Gasteiger partial charge in [-0.05, 0) is 36.8 Å². The molecule has 0 aliphatic carbocycles. The number of rotatable bonds is 3. The number of carbonyl (C=O) groups excluding carboxylic acids is 1. The summed E-state index contributed by atoms with van der Waals surface area (Å²) >= 11 is 0. The molecule has 1 aliphatic heterocycles. The molecular formula is C23H23N5O2. The lowest BCUT2D eigenvalue weighted by molar-refractivity contribution is 0.208. The van der Waals surface area contributed by atoms with Gasteiger partial charge in [0.05, 0.1) is 18.2 Å². The van der Waals surface area contributed by atoms with Gasteiger partial charge in [0.15, 0.2) is 0 Å². The molecule has 1 aliphatic rings. The molecule has 2 heterocycles. The lowest BCUT2D eigenvalue weighted by Gasteiger charge is -2.35. The molecule has 1 fully saturated rings. The van der Waals surface area contributed by atoms with Gasteiger partial charge in [-0.3, -0.25) is 0 Å². The average Bonchev–Trinajstić information content (AvgIpc) is 2.79. The van der Waals surface area contributed by atoms with Crippen molar-refractivity contribution >= 4 is 28.4 Å². The van der Waals surface area contributed by atoms with Crippen molar-refractivity contribution in [3.8, 4) is 11.8 Å². The molecule has 0 saturated carbocycles. The van der Waals surface area contributed by atoms with E-state index in [1.807, 2.05) is 55.5 Å². The molecule has 3 aromatic rings. The van der Waals surface area contributed by atoms with E-state index in [0.717, 1.165) is 27.9 Å². The predicted octanol–water partition coefficient (Wildman–Crippen LogP) is 3.78. The summed E-state index contributed by atoms with van der Waals surface area (Å²) in [5, 5.41) is 13.5. The number of urea groups is 1. The number of fused-ring (bicyclic) bond motifs is 1. The van der Waals surface area contributed by atoms with Gasteiger partial charge in [-0.25, -0.2) is 9.78 Å². The van der Waals surface area contributed by atoms with Crippen LogP contribution in [0.15, 0.2) is 48.5 Å². The maximum Gasteiger partial charge on any atom is 0.321 e. The van der Waals surface area contributed by atoms with Crippen molar-refractivity contribution < 1.29 is 9.53 Å². The average molecular weight is 401 g/mol. The molecule has 152 valence electrons. The summed E-state index contributed by atoms with van der Waals surface area (Å²) in [5.41, 5.74) is 3.16. The minimum atomic E-state index is -0.110. The van der Waals surface area contributed by atoms with E-state index in [0.29, 0.717) is 37.6 Å². The normalized spacial score (nSPS) is 13.8. The number of aryl methyl sites for hydroxylation is 1. The lowest BCUT2D eigenvalue weighted by Crippen LogP contribution is -2.50. The molecule has 2 aromatic carbocycles. The van der Waals surface area contributed by atoms with Crippen LogP contribution in [0.4, 0.5) is 16.3 Å². The molecule has 0 spiro atoms. The number of nitrogens with zero attached hydrogens (tertiary/aromatic N) is 4. The van der Waals surface area contributed by atoms with Gasteiger partial charge in [-0.2, -0.15) is 5.26 Å². The van der Waals surface area contributed by atoms with Crippen molar-refractivity contribution in [2.24, 2.45) is 0 Å². The molecule has 0 bridgehead atoms. The first-order valence-electron chi connectivity index (χ1n) is 9.84. The number of para-hydroxylation sites is 1. The molecule has 0 radical (unpaired) electrons. The number of benzene rings is 2. The van der Waals surface area contributed by atoms with Crippen LogP contribution >= 0.6 is 0 Å². The third kappa shape index (κ3) is 3.85. The minimum absolute atomic E-state index is 0.110. The number of hydrogen-bond acceptors (Lipinski definition) is 5. The molecule has 1 saturated heterocycles. The second-order valence-corrected chi connectivity index (χ2v) is 7.25. The van der Waals surface area contributed by atoms with E-state index in [-0.39, 0.29) is 6.03 Å². The fourth-order valence-electron chi connectivity index (χ4n) is 3.62. The van der Waals surface area contributed by atoms with E-state index in [1.54, 1.807) is 12.0 Å². The van der Waals surface area contributed by atoms with Crippen LogP contribution in [-0.2, 0) is 0 Å². The predicted molar refractivity (Wildman–Crippen MR) is 117 cm³/mol. The van der Waals surface area contributed by atoms with Crippen molar-refractivity contribution in [1.29, 1.82) is 5.26 Å². The number of nitrogens with one attached hydrogen (secondary N) is 1. The number of nitriles is 1. The summed E-state index contributed by atoms with van der Waals surface area (Å²) in [6.07, 6.45) is 0. The van der Waals surface area contributed by atoms with E-state index in [1.165, 1.54) is 0 Å². The second kappa shape index (κ2) is 8.29. The summed E-state index contributed by atoms with van der Waals surface area (Å²) in [5.74, 6) is 1.38. The van der Waals surface area contributed by atoms with Crippen LogP contribution in [0.5, 0.6) is 5.75 Å². The van der Waals surface area contributed by atoms with Gasteiger partial charge in [0, 0.05) is 43.3 Å². The summed E-state index contributed by atoms with van der Waals surface area (Å²) in [6.45, 7) is 4.30. The highest BCUT2D eigenvalue weighted by Crippen LogP contribution is 2.27. The van der Waals surface area contributed by atoms with Crippen LogP contribution < -0.4 is 15.0 Å². The number of amides is 2. The van der Waals surface area contributed by atoms with Crippen LogP contribution in [0.2, 0.25) is 0 Å². The van der Waals surface area contributed by atoms with Gasteiger partial charge in [0.1, 0.15) is 17.6 Å². The summed E-state index contributed by atoms with van der Waals surface area (Å²) in [6, 6.07) is 17.4. The standard InChI is InChI=1S/C23H23N5O2/c1-16-5-3-4-6-20(16)26-23(29)28-11-9-27(10-12-28)22-18(15-24)13-17-7-8-19(30-2)14-21(17)25-22/h3-8,13-14H,9-12H2,1-2H3,(H,26,29). The van der Waals surface area contributed by atoms with Crippen LogP contribution in [-0.4, -0.2) is 49.2 Å². The van der Waals surface area contributed by atoms with E-state index in [2.05, 4.69) is 16.3 Å². The Bertz CT molecular complexity index is 1130. The Morgan fingerprint density at radius 1 is 1.13 bits per heavy atom. The Hall–Kier alpha value is -3.79. The van der Waals surface area contributed by atoms with Crippen molar-refractivity contribution in [1.82, 2.24) is 9.88 Å². The summed E-state index contributed by atoms with van der Waals surface area (Å²) in [4.78, 5) is 21.2. The third-order valence-corrected chi connectivity index (χ3v) is 5.38. The Morgan fingerprint density at radius 2 is 1.90 bits per heavy atom. The van der Waals surface area contributed by atoms with Gasteiger partial charge in [-0.1, -0.05) is 18.2 Å². The van der Waals surface area contributed by atoms with Gasteiger partial charge in [0.2, 0.25) is 0 Å². The number of anilines is 2. The molecular weight excluding hydrogens is 378 g/mol.